The number of allylic oxidation sites excluding steroid dienone is 3. The lowest BCUT2D eigenvalue weighted by Crippen LogP contribution is -2.14. The van der Waals surface area contributed by atoms with Crippen LogP contribution in [-0.2, 0) is 0 Å². The van der Waals surface area contributed by atoms with Crippen LogP contribution in [0.5, 0.6) is 0 Å². The van der Waals surface area contributed by atoms with Gasteiger partial charge in [0.25, 0.3) is 5.56 Å². The lowest BCUT2D eigenvalue weighted by Gasteiger charge is -2.01. The van der Waals surface area contributed by atoms with E-state index < -0.39 is 0 Å². The molecular formula is C18H20N4OS. The maximum atomic E-state index is 12.3. The number of anilines is 1. The van der Waals surface area contributed by atoms with E-state index in [4.69, 9.17) is 0 Å². The Balaban J connectivity index is 0.000000368. The monoisotopic (exact) mass is 340 g/mol. The summed E-state index contributed by atoms with van der Waals surface area (Å²) in [7, 11) is 1.85. The third-order valence-corrected chi connectivity index (χ3v) is 4.31. The van der Waals surface area contributed by atoms with Gasteiger partial charge in [-0.05, 0) is 19.9 Å². The third-order valence-electron chi connectivity index (χ3n) is 3.23. The van der Waals surface area contributed by atoms with Crippen LogP contribution in [0.25, 0.3) is 26.6 Å². The summed E-state index contributed by atoms with van der Waals surface area (Å²) >= 11 is 1.38. The average molecular weight is 340 g/mol. The van der Waals surface area contributed by atoms with Gasteiger partial charge < -0.3 is 5.32 Å². The molecular weight excluding hydrogens is 320 g/mol. The average Bonchev–Trinajstić information content (AvgIpc) is 2.97. The molecule has 0 aliphatic rings. The maximum absolute atomic E-state index is 12.3. The highest BCUT2D eigenvalue weighted by Crippen LogP contribution is 2.33. The summed E-state index contributed by atoms with van der Waals surface area (Å²) in [4.78, 5) is 21.9. The highest BCUT2D eigenvalue weighted by Gasteiger charge is 2.14. The second kappa shape index (κ2) is 7.70. The number of nitrogens with one attached hydrogen (secondary N) is 1. The Morgan fingerprint density at radius 3 is 2.71 bits per heavy atom. The first-order valence-electron chi connectivity index (χ1n) is 7.40. The Morgan fingerprint density at radius 1 is 1.42 bits per heavy atom. The molecule has 1 N–H and O–H groups in total. The zero-order valence-electron chi connectivity index (χ0n) is 14.0. The molecule has 0 aliphatic heterocycles. The maximum Gasteiger partial charge on any atom is 0.275 e. The first-order chi connectivity index (χ1) is 11.5. The molecule has 3 heterocycles. The summed E-state index contributed by atoms with van der Waals surface area (Å²) in [6, 6.07) is 1.88. The summed E-state index contributed by atoms with van der Waals surface area (Å²) in [6.07, 6.45) is 8.50. The fraction of sp³-hybridized carbons (Fsp3) is 0.167. The van der Waals surface area contributed by atoms with Gasteiger partial charge in [0.2, 0.25) is 0 Å². The minimum absolute atomic E-state index is 0.0619. The van der Waals surface area contributed by atoms with Crippen LogP contribution in [-0.4, -0.2) is 21.6 Å². The summed E-state index contributed by atoms with van der Waals surface area (Å²) in [5.41, 5.74) is 2.60. The van der Waals surface area contributed by atoms with Crippen LogP contribution in [0.4, 0.5) is 5.69 Å². The quantitative estimate of drug-likeness (QED) is 0.723. The van der Waals surface area contributed by atoms with Gasteiger partial charge in [-0.2, -0.15) is 0 Å². The number of rotatable bonds is 3. The predicted octanol–water partition coefficient (Wildman–Crippen LogP) is 4.29. The molecule has 6 heteroatoms. The van der Waals surface area contributed by atoms with E-state index in [1.807, 2.05) is 27.0 Å². The van der Waals surface area contributed by atoms with Crippen molar-refractivity contribution < 1.29 is 0 Å². The minimum Gasteiger partial charge on any atom is -0.387 e. The molecule has 0 bridgehead atoms. The van der Waals surface area contributed by atoms with Crippen LogP contribution in [0.15, 0.2) is 54.3 Å². The lowest BCUT2D eigenvalue weighted by molar-refractivity contribution is 1.03. The fourth-order valence-corrected chi connectivity index (χ4v) is 3.10. The molecule has 24 heavy (non-hydrogen) atoms. The van der Waals surface area contributed by atoms with Gasteiger partial charge in [0.05, 0.1) is 10.9 Å². The van der Waals surface area contributed by atoms with E-state index in [-0.39, 0.29) is 5.56 Å². The van der Waals surface area contributed by atoms with Crippen LogP contribution in [0.1, 0.15) is 13.8 Å². The van der Waals surface area contributed by atoms with Crippen LogP contribution < -0.4 is 10.9 Å². The van der Waals surface area contributed by atoms with Gasteiger partial charge in [-0.25, -0.2) is 9.97 Å². The first kappa shape index (κ1) is 17.6. The number of pyridine rings is 1. The largest absolute Gasteiger partial charge is 0.387 e. The third kappa shape index (κ3) is 3.44. The van der Waals surface area contributed by atoms with Gasteiger partial charge in [0, 0.05) is 25.1 Å². The van der Waals surface area contributed by atoms with Gasteiger partial charge in [0.15, 0.2) is 0 Å². The summed E-state index contributed by atoms with van der Waals surface area (Å²) in [5, 5.41) is 4.02. The molecule has 0 unspecified atom stereocenters. The number of hydrogen-bond donors (Lipinski definition) is 1. The van der Waals surface area contributed by atoms with E-state index in [0.29, 0.717) is 10.2 Å². The zero-order chi connectivity index (χ0) is 17.7. The van der Waals surface area contributed by atoms with Crippen LogP contribution in [0, 0.1) is 0 Å². The molecule has 3 aromatic heterocycles. The van der Waals surface area contributed by atoms with E-state index >= 15 is 0 Å². The number of thiophene rings is 1. The van der Waals surface area contributed by atoms with E-state index in [0.717, 1.165) is 21.5 Å². The molecule has 0 fully saturated rings. The van der Waals surface area contributed by atoms with E-state index in [2.05, 4.69) is 28.4 Å². The van der Waals surface area contributed by atoms with Gasteiger partial charge >= 0.3 is 0 Å². The Bertz CT molecular complexity index is 982. The summed E-state index contributed by atoms with van der Waals surface area (Å²) < 4.78 is 2.11. The van der Waals surface area contributed by atoms with Gasteiger partial charge in [-0.15, -0.1) is 11.3 Å². The Labute approximate surface area is 144 Å². The van der Waals surface area contributed by atoms with Crippen molar-refractivity contribution in [1.29, 1.82) is 0 Å². The highest BCUT2D eigenvalue weighted by atomic mass is 32.1. The standard InChI is InChI=1S/C13H12N4OS.C5H8/c1-3-6-17-7-16-10-9-8(14-2)4-5-15-12(9)19-11(10)13(17)18;1-4-5(2)3/h3-7H,1-2H3,(H,14,15);4H,1-2H2,3H3/b6-3+;. The topological polar surface area (TPSA) is 59.8 Å². The smallest absolute Gasteiger partial charge is 0.275 e. The molecule has 0 atom stereocenters. The van der Waals surface area contributed by atoms with Crippen molar-refractivity contribution in [2.24, 2.45) is 0 Å². The molecule has 0 amide bonds. The van der Waals surface area contributed by atoms with Crippen molar-refractivity contribution in [3.63, 3.8) is 0 Å². The van der Waals surface area contributed by atoms with Crippen molar-refractivity contribution in [3.05, 3.63) is 59.8 Å². The van der Waals surface area contributed by atoms with Crippen LogP contribution >= 0.6 is 11.3 Å². The minimum atomic E-state index is -0.0619. The molecule has 0 saturated carbocycles. The summed E-state index contributed by atoms with van der Waals surface area (Å²) in [6.45, 7) is 10.8. The molecule has 0 spiro atoms. The first-order valence-corrected chi connectivity index (χ1v) is 8.22. The van der Waals surface area contributed by atoms with Crippen molar-refractivity contribution >= 4 is 43.7 Å². The number of aromatic nitrogens is 3. The number of hydrogen-bond acceptors (Lipinski definition) is 5. The number of nitrogens with zero attached hydrogens (tertiary/aromatic N) is 3. The Hall–Kier alpha value is -2.73. The molecule has 3 aromatic rings. The molecule has 0 aliphatic carbocycles. The molecule has 124 valence electrons. The van der Waals surface area contributed by atoms with Crippen molar-refractivity contribution in [1.82, 2.24) is 14.5 Å². The van der Waals surface area contributed by atoms with E-state index in [1.165, 1.54) is 15.9 Å². The molecule has 0 saturated heterocycles. The molecule has 0 radical (unpaired) electrons. The zero-order valence-corrected chi connectivity index (χ0v) is 14.9. The predicted molar refractivity (Wildman–Crippen MR) is 105 cm³/mol. The van der Waals surface area contributed by atoms with Crippen LogP contribution in [0.2, 0.25) is 0 Å². The molecule has 0 aromatic carbocycles. The van der Waals surface area contributed by atoms with Crippen molar-refractivity contribution in [3.8, 4) is 0 Å². The summed E-state index contributed by atoms with van der Waals surface area (Å²) in [5.74, 6) is 0. The Morgan fingerprint density at radius 2 is 2.12 bits per heavy atom. The number of fused-ring (bicyclic) bond motifs is 3. The van der Waals surface area contributed by atoms with Crippen molar-refractivity contribution in [2.75, 3.05) is 12.4 Å². The lowest BCUT2D eigenvalue weighted by atomic mass is 10.2. The fourth-order valence-electron chi connectivity index (χ4n) is 2.04. The van der Waals surface area contributed by atoms with Gasteiger partial charge in [-0.1, -0.05) is 30.9 Å². The van der Waals surface area contributed by atoms with E-state index in [1.54, 1.807) is 30.9 Å². The second-order valence-corrected chi connectivity index (χ2v) is 6.06. The molecule has 5 nitrogen and oxygen atoms in total. The highest BCUT2D eigenvalue weighted by molar-refractivity contribution is 7.25. The normalized spacial score (nSPS) is 10.6. The van der Waals surface area contributed by atoms with Crippen molar-refractivity contribution in [2.45, 2.75) is 13.8 Å². The molecule has 3 rings (SSSR count). The SMILES string of the molecule is C/C=C/n1cnc2c(sc3nccc(NC)c32)c1=O.C=CC(=C)C. The van der Waals surface area contributed by atoms with Gasteiger partial charge in [-0.3, -0.25) is 9.36 Å². The van der Waals surface area contributed by atoms with Crippen LogP contribution in [0.3, 0.4) is 0 Å². The van der Waals surface area contributed by atoms with E-state index in [9.17, 15) is 4.79 Å². The Kier molecular flexibility index (Phi) is 5.65. The second-order valence-electron chi connectivity index (χ2n) is 5.06. The van der Waals surface area contributed by atoms with Gasteiger partial charge in [0.1, 0.15) is 15.9 Å².